The molecule has 0 unspecified atom stereocenters. The molecule has 0 radical (unpaired) electrons. The minimum atomic E-state index is -3.59. The van der Waals surface area contributed by atoms with Crippen LogP contribution in [-0.4, -0.2) is 49.1 Å². The number of hydrogen-bond acceptors (Lipinski definition) is 5. The maximum absolute atomic E-state index is 13.0. The van der Waals surface area contributed by atoms with Crippen molar-refractivity contribution in [2.75, 3.05) is 13.1 Å². The van der Waals surface area contributed by atoms with Gasteiger partial charge in [-0.3, -0.25) is 0 Å². The Morgan fingerprint density at radius 2 is 1.78 bits per heavy atom. The molecule has 3 rings (SSSR count). The number of benzene rings is 2. The highest BCUT2D eigenvalue weighted by atomic mass is 32.2. The van der Waals surface area contributed by atoms with Crippen molar-refractivity contribution in [1.82, 2.24) is 4.31 Å². The van der Waals surface area contributed by atoms with Gasteiger partial charge in [0.1, 0.15) is 17.6 Å². The fourth-order valence-corrected chi connectivity index (χ4v) is 5.02. The first-order chi connectivity index (χ1) is 15.1. The molecule has 0 saturated carbocycles. The van der Waals surface area contributed by atoms with E-state index in [-0.39, 0.29) is 17.1 Å². The van der Waals surface area contributed by atoms with Gasteiger partial charge in [0.15, 0.2) is 0 Å². The van der Waals surface area contributed by atoms with Crippen LogP contribution in [0.1, 0.15) is 37.8 Å². The van der Waals surface area contributed by atoms with E-state index >= 15 is 0 Å². The molecule has 1 heterocycles. The molecule has 7 nitrogen and oxygen atoms in total. The van der Waals surface area contributed by atoms with Gasteiger partial charge in [-0.15, -0.1) is 0 Å². The lowest BCUT2D eigenvalue weighted by Gasteiger charge is -2.31. The van der Waals surface area contributed by atoms with Crippen molar-refractivity contribution in [1.29, 1.82) is 0 Å². The molecule has 172 valence electrons. The first-order valence-electron chi connectivity index (χ1n) is 10.6. The lowest BCUT2D eigenvalue weighted by atomic mass is 10.1. The zero-order valence-electron chi connectivity index (χ0n) is 18.5. The van der Waals surface area contributed by atoms with Gasteiger partial charge in [0.25, 0.3) is 0 Å². The third-order valence-electron chi connectivity index (χ3n) is 5.10. The van der Waals surface area contributed by atoms with Gasteiger partial charge in [-0.1, -0.05) is 11.6 Å². The predicted octanol–water partition coefficient (Wildman–Crippen LogP) is 4.11. The number of aryl methyl sites for hydroxylation is 1. The second kappa shape index (κ2) is 10.2. The zero-order valence-corrected chi connectivity index (χ0v) is 19.3. The molecule has 1 saturated heterocycles. The van der Waals surface area contributed by atoms with E-state index in [1.807, 2.05) is 39.0 Å². The summed E-state index contributed by atoms with van der Waals surface area (Å²) in [6.07, 6.45) is 3.55. The highest BCUT2D eigenvalue weighted by Gasteiger charge is 2.30. The van der Waals surface area contributed by atoms with Gasteiger partial charge in [0, 0.05) is 24.7 Å². The molecule has 0 amide bonds. The maximum Gasteiger partial charge on any atom is 0.328 e. The molecule has 0 atom stereocenters. The summed E-state index contributed by atoms with van der Waals surface area (Å²) in [5.41, 5.74) is 1.68. The Balaban J connectivity index is 1.64. The quantitative estimate of drug-likeness (QED) is 0.597. The number of piperidine rings is 1. The number of nitrogens with zero attached hydrogens (tertiary/aromatic N) is 1. The monoisotopic (exact) mass is 459 g/mol. The van der Waals surface area contributed by atoms with Gasteiger partial charge in [0.2, 0.25) is 10.0 Å². The van der Waals surface area contributed by atoms with E-state index in [0.29, 0.717) is 43.0 Å². The Hall–Kier alpha value is -2.84. The van der Waals surface area contributed by atoms with Crippen LogP contribution in [0.25, 0.3) is 6.08 Å². The van der Waals surface area contributed by atoms with E-state index in [4.69, 9.17) is 14.6 Å². The summed E-state index contributed by atoms with van der Waals surface area (Å²) in [5, 5.41) is 8.91. The molecule has 0 spiro atoms. The molecule has 8 heteroatoms. The number of carboxylic acids is 1. The third kappa shape index (κ3) is 6.11. The molecule has 1 aliphatic heterocycles. The number of aliphatic carboxylic acids is 1. The van der Waals surface area contributed by atoms with E-state index < -0.39 is 16.0 Å². The van der Waals surface area contributed by atoms with E-state index in [1.54, 1.807) is 24.3 Å². The summed E-state index contributed by atoms with van der Waals surface area (Å²) in [4.78, 5) is 11.1. The summed E-state index contributed by atoms with van der Waals surface area (Å²) in [6.45, 7) is 6.46. The van der Waals surface area contributed by atoms with Crippen molar-refractivity contribution >= 4 is 22.1 Å². The van der Waals surface area contributed by atoms with Crippen LogP contribution in [0, 0.1) is 6.92 Å². The van der Waals surface area contributed by atoms with E-state index in [0.717, 1.165) is 11.6 Å². The molecule has 1 fully saturated rings. The van der Waals surface area contributed by atoms with Crippen LogP contribution >= 0.6 is 0 Å². The fraction of sp³-hybridized carbons (Fsp3) is 0.375. The lowest BCUT2D eigenvalue weighted by molar-refractivity contribution is -0.131. The van der Waals surface area contributed by atoms with Gasteiger partial charge in [-0.05, 0) is 76.1 Å². The third-order valence-corrected chi connectivity index (χ3v) is 7.01. The first kappa shape index (κ1) is 23.8. The average molecular weight is 460 g/mol. The Morgan fingerprint density at radius 3 is 2.38 bits per heavy atom. The van der Waals surface area contributed by atoms with Crippen LogP contribution < -0.4 is 9.47 Å². The highest BCUT2D eigenvalue weighted by molar-refractivity contribution is 7.89. The summed E-state index contributed by atoms with van der Waals surface area (Å²) < 4.78 is 39.2. The Kier molecular flexibility index (Phi) is 7.58. The Labute approximate surface area is 189 Å². The smallest absolute Gasteiger partial charge is 0.328 e. The van der Waals surface area contributed by atoms with Crippen LogP contribution in [0.4, 0.5) is 0 Å². The molecule has 0 aliphatic carbocycles. The van der Waals surface area contributed by atoms with Crippen molar-refractivity contribution < 1.29 is 27.8 Å². The number of carboxylic acid groups (broad SMARTS) is 1. The van der Waals surface area contributed by atoms with Crippen LogP contribution in [0.3, 0.4) is 0 Å². The largest absolute Gasteiger partial charge is 0.491 e. The second-order valence-electron chi connectivity index (χ2n) is 8.07. The lowest BCUT2D eigenvalue weighted by Crippen LogP contribution is -2.41. The normalized spacial score (nSPS) is 15.9. The van der Waals surface area contributed by atoms with Crippen LogP contribution in [0.5, 0.6) is 11.5 Å². The topological polar surface area (TPSA) is 93.1 Å². The van der Waals surface area contributed by atoms with Gasteiger partial charge in [-0.25, -0.2) is 13.2 Å². The standard InChI is InChI=1S/C24H29NO6S/c1-17(2)30-20-6-8-22(9-7-20)32(28,29)25-14-12-21(13-15-25)31-23-10-4-18(3)16-19(23)5-11-24(26)27/h4-11,16-17,21H,12-15H2,1-3H3,(H,26,27). The molecule has 1 aliphatic rings. The number of ether oxygens (including phenoxy) is 2. The van der Waals surface area contributed by atoms with Gasteiger partial charge in [0.05, 0.1) is 11.0 Å². The molecule has 2 aromatic rings. The van der Waals surface area contributed by atoms with Crippen LogP contribution in [0.2, 0.25) is 0 Å². The molecule has 1 N–H and O–H groups in total. The highest BCUT2D eigenvalue weighted by Crippen LogP contribution is 2.28. The summed E-state index contributed by atoms with van der Waals surface area (Å²) in [5.74, 6) is 0.201. The van der Waals surface area contributed by atoms with Crippen molar-refractivity contribution in [2.24, 2.45) is 0 Å². The fourth-order valence-electron chi connectivity index (χ4n) is 3.55. The van der Waals surface area contributed by atoms with E-state index in [1.165, 1.54) is 10.4 Å². The number of rotatable bonds is 8. The van der Waals surface area contributed by atoms with Crippen molar-refractivity contribution in [3.63, 3.8) is 0 Å². The van der Waals surface area contributed by atoms with Crippen LogP contribution in [-0.2, 0) is 14.8 Å². The molecule has 32 heavy (non-hydrogen) atoms. The zero-order chi connectivity index (χ0) is 23.3. The minimum absolute atomic E-state index is 0.0187. The number of carbonyl (C=O) groups is 1. The van der Waals surface area contributed by atoms with Gasteiger partial charge < -0.3 is 14.6 Å². The van der Waals surface area contributed by atoms with Crippen molar-refractivity contribution in [3.05, 3.63) is 59.7 Å². The number of sulfonamides is 1. The van der Waals surface area contributed by atoms with E-state index in [2.05, 4.69) is 0 Å². The van der Waals surface area contributed by atoms with Gasteiger partial charge in [-0.2, -0.15) is 4.31 Å². The minimum Gasteiger partial charge on any atom is -0.491 e. The van der Waals surface area contributed by atoms with E-state index in [9.17, 15) is 13.2 Å². The predicted molar refractivity (Wildman–Crippen MR) is 122 cm³/mol. The van der Waals surface area contributed by atoms with Gasteiger partial charge >= 0.3 is 5.97 Å². The first-order valence-corrected chi connectivity index (χ1v) is 12.0. The molecule has 0 aromatic heterocycles. The van der Waals surface area contributed by atoms with Crippen molar-refractivity contribution in [2.45, 2.75) is 50.7 Å². The molecule has 0 bridgehead atoms. The Morgan fingerprint density at radius 1 is 1.12 bits per heavy atom. The molecular weight excluding hydrogens is 430 g/mol. The number of hydrogen-bond donors (Lipinski definition) is 1. The van der Waals surface area contributed by atoms with Crippen molar-refractivity contribution in [3.8, 4) is 11.5 Å². The Bertz CT molecular complexity index is 1070. The van der Waals surface area contributed by atoms with Crippen LogP contribution in [0.15, 0.2) is 53.4 Å². The SMILES string of the molecule is Cc1ccc(OC2CCN(S(=O)(=O)c3ccc(OC(C)C)cc3)CC2)c(C=CC(=O)O)c1. The summed E-state index contributed by atoms with van der Waals surface area (Å²) in [7, 11) is -3.59. The maximum atomic E-state index is 13.0. The molecular formula is C24H29NO6S. The summed E-state index contributed by atoms with van der Waals surface area (Å²) in [6, 6.07) is 12.1. The average Bonchev–Trinajstić information content (AvgIpc) is 2.74. The summed E-state index contributed by atoms with van der Waals surface area (Å²) >= 11 is 0. The second-order valence-corrected chi connectivity index (χ2v) is 10.0. The molecule has 2 aromatic carbocycles.